The number of carbonyl (C=O) groups excluding carboxylic acids is 2. The Kier molecular flexibility index (Phi) is 5.62. The van der Waals surface area contributed by atoms with Crippen molar-refractivity contribution in [3.05, 3.63) is 36.1 Å². The first-order chi connectivity index (χ1) is 11.0. The molecule has 0 radical (unpaired) electrons. The van der Waals surface area contributed by atoms with Gasteiger partial charge in [-0.25, -0.2) is 4.79 Å². The van der Waals surface area contributed by atoms with Crippen LogP contribution in [0.25, 0.3) is 11.0 Å². The van der Waals surface area contributed by atoms with Crippen LogP contribution in [0.4, 0.5) is 4.79 Å². The second-order valence-corrected chi connectivity index (χ2v) is 5.60. The average Bonchev–Trinajstić information content (AvgIpc) is 2.90. The van der Waals surface area contributed by atoms with Gasteiger partial charge in [0.15, 0.2) is 0 Å². The highest BCUT2D eigenvalue weighted by Gasteiger charge is 2.14. The quantitative estimate of drug-likeness (QED) is 0.802. The third-order valence-electron chi connectivity index (χ3n) is 3.20. The molecule has 1 heterocycles. The lowest BCUT2D eigenvalue weighted by Gasteiger charge is -2.12. The number of amides is 2. The lowest BCUT2D eigenvalue weighted by Crippen LogP contribution is -2.38. The Balaban J connectivity index is 1.79. The Bertz CT molecular complexity index is 645. The maximum absolute atomic E-state index is 11.8. The number of para-hydroxylation sites is 1. The van der Waals surface area contributed by atoms with Gasteiger partial charge < -0.3 is 19.8 Å². The SMILES string of the molecule is CC(C)OC(=O)CCNC(=O)N[C@H](C)c1cc2ccccc2o1. The fourth-order valence-electron chi connectivity index (χ4n) is 2.13. The lowest BCUT2D eigenvalue weighted by atomic mass is 10.2. The first kappa shape index (κ1) is 16.9. The maximum atomic E-state index is 11.8. The smallest absolute Gasteiger partial charge is 0.315 e. The Labute approximate surface area is 135 Å². The summed E-state index contributed by atoms with van der Waals surface area (Å²) in [5.74, 6) is 0.353. The molecule has 0 saturated heterocycles. The standard InChI is InChI=1S/C17H22N2O4/c1-11(2)22-16(20)8-9-18-17(21)19-12(3)15-10-13-6-4-5-7-14(13)23-15/h4-7,10-12H,8-9H2,1-3H3,(H2,18,19,21)/t12-/m1/s1. The van der Waals surface area contributed by atoms with Gasteiger partial charge in [-0.2, -0.15) is 0 Å². The molecule has 0 saturated carbocycles. The van der Waals surface area contributed by atoms with Crippen molar-refractivity contribution in [1.29, 1.82) is 0 Å². The summed E-state index contributed by atoms with van der Waals surface area (Å²) in [6.45, 7) is 5.63. The van der Waals surface area contributed by atoms with Gasteiger partial charge in [-0.15, -0.1) is 0 Å². The number of furan rings is 1. The van der Waals surface area contributed by atoms with Gasteiger partial charge in [-0.1, -0.05) is 18.2 Å². The molecule has 2 N–H and O–H groups in total. The molecular weight excluding hydrogens is 296 g/mol. The fourth-order valence-corrected chi connectivity index (χ4v) is 2.13. The minimum Gasteiger partial charge on any atom is -0.463 e. The van der Waals surface area contributed by atoms with Gasteiger partial charge in [0.25, 0.3) is 0 Å². The molecule has 1 atom stereocenters. The van der Waals surface area contributed by atoms with E-state index in [1.54, 1.807) is 13.8 Å². The van der Waals surface area contributed by atoms with Crippen LogP contribution in [0.15, 0.2) is 34.7 Å². The van der Waals surface area contributed by atoms with Crippen LogP contribution >= 0.6 is 0 Å². The lowest BCUT2D eigenvalue weighted by molar-refractivity contribution is -0.147. The number of nitrogens with one attached hydrogen (secondary N) is 2. The topological polar surface area (TPSA) is 80.6 Å². The van der Waals surface area contributed by atoms with E-state index >= 15 is 0 Å². The molecule has 2 aromatic rings. The zero-order valence-electron chi connectivity index (χ0n) is 13.6. The van der Waals surface area contributed by atoms with E-state index in [1.165, 1.54) is 0 Å². The van der Waals surface area contributed by atoms with Crippen molar-refractivity contribution in [2.45, 2.75) is 39.3 Å². The van der Waals surface area contributed by atoms with Crippen LogP contribution in [0.5, 0.6) is 0 Å². The van der Waals surface area contributed by atoms with Crippen molar-refractivity contribution in [2.75, 3.05) is 6.54 Å². The van der Waals surface area contributed by atoms with Crippen molar-refractivity contribution in [2.24, 2.45) is 0 Å². The predicted molar refractivity (Wildman–Crippen MR) is 87.0 cm³/mol. The Hall–Kier alpha value is -2.50. The first-order valence-corrected chi connectivity index (χ1v) is 7.68. The van der Waals surface area contributed by atoms with Crippen molar-refractivity contribution in [3.8, 4) is 0 Å². The second kappa shape index (κ2) is 7.67. The number of rotatable bonds is 6. The van der Waals surface area contributed by atoms with Gasteiger partial charge in [0.05, 0.1) is 18.6 Å². The Morgan fingerprint density at radius 3 is 2.65 bits per heavy atom. The highest BCUT2D eigenvalue weighted by atomic mass is 16.5. The minimum atomic E-state index is -0.352. The number of benzene rings is 1. The van der Waals surface area contributed by atoms with Crippen molar-refractivity contribution < 1.29 is 18.7 Å². The zero-order chi connectivity index (χ0) is 16.8. The van der Waals surface area contributed by atoms with Crippen LogP contribution in [-0.2, 0) is 9.53 Å². The molecule has 6 nitrogen and oxygen atoms in total. The summed E-state index contributed by atoms with van der Waals surface area (Å²) in [7, 11) is 0. The molecule has 0 aliphatic heterocycles. The number of carbonyl (C=O) groups is 2. The maximum Gasteiger partial charge on any atom is 0.315 e. The summed E-state index contributed by atoms with van der Waals surface area (Å²) in [6.07, 6.45) is -0.00520. The normalized spacial score (nSPS) is 12.2. The van der Waals surface area contributed by atoms with Crippen molar-refractivity contribution >= 4 is 23.0 Å². The number of urea groups is 1. The van der Waals surface area contributed by atoms with Crippen LogP contribution in [-0.4, -0.2) is 24.6 Å². The third-order valence-corrected chi connectivity index (χ3v) is 3.20. The van der Waals surface area contributed by atoms with E-state index in [0.717, 1.165) is 11.0 Å². The average molecular weight is 318 g/mol. The van der Waals surface area contributed by atoms with E-state index in [1.807, 2.05) is 37.3 Å². The van der Waals surface area contributed by atoms with Gasteiger partial charge >= 0.3 is 12.0 Å². The molecule has 6 heteroatoms. The Morgan fingerprint density at radius 1 is 1.22 bits per heavy atom. The molecular formula is C17H22N2O4. The van der Waals surface area contributed by atoms with E-state index in [-0.39, 0.29) is 37.1 Å². The van der Waals surface area contributed by atoms with Gasteiger partial charge in [0.2, 0.25) is 0 Å². The van der Waals surface area contributed by atoms with Crippen LogP contribution in [0.3, 0.4) is 0 Å². The molecule has 0 aliphatic rings. The first-order valence-electron chi connectivity index (χ1n) is 7.68. The molecule has 0 bridgehead atoms. The van der Waals surface area contributed by atoms with E-state index in [2.05, 4.69) is 10.6 Å². The van der Waals surface area contributed by atoms with Crippen molar-refractivity contribution in [1.82, 2.24) is 10.6 Å². The number of ether oxygens (including phenoxy) is 1. The predicted octanol–water partition coefficient (Wildman–Crippen LogP) is 3.13. The molecule has 0 unspecified atom stereocenters. The van der Waals surface area contributed by atoms with E-state index < -0.39 is 0 Å². The summed E-state index contributed by atoms with van der Waals surface area (Å²) in [5.41, 5.74) is 0.785. The highest BCUT2D eigenvalue weighted by Crippen LogP contribution is 2.23. The number of fused-ring (bicyclic) bond motifs is 1. The summed E-state index contributed by atoms with van der Waals surface area (Å²) in [5, 5.41) is 6.40. The molecule has 0 spiro atoms. The molecule has 0 aliphatic carbocycles. The van der Waals surface area contributed by atoms with Gasteiger partial charge in [0, 0.05) is 11.9 Å². The molecule has 23 heavy (non-hydrogen) atoms. The highest BCUT2D eigenvalue weighted by molar-refractivity contribution is 5.79. The van der Waals surface area contributed by atoms with E-state index in [4.69, 9.17) is 9.15 Å². The van der Waals surface area contributed by atoms with Gasteiger partial charge in [-0.05, 0) is 32.9 Å². The molecule has 1 aromatic carbocycles. The third kappa shape index (κ3) is 5.02. The molecule has 2 amide bonds. The molecule has 0 fully saturated rings. The van der Waals surface area contributed by atoms with Crippen LogP contribution in [0.1, 0.15) is 39.0 Å². The number of hydrogen-bond donors (Lipinski definition) is 2. The minimum absolute atomic E-state index is 0.143. The van der Waals surface area contributed by atoms with Gasteiger partial charge in [0.1, 0.15) is 11.3 Å². The van der Waals surface area contributed by atoms with E-state index in [0.29, 0.717) is 5.76 Å². The molecule has 124 valence electrons. The number of hydrogen-bond acceptors (Lipinski definition) is 4. The molecule has 1 aromatic heterocycles. The number of esters is 1. The fraction of sp³-hybridized carbons (Fsp3) is 0.412. The Morgan fingerprint density at radius 2 is 1.96 bits per heavy atom. The van der Waals surface area contributed by atoms with Crippen LogP contribution in [0.2, 0.25) is 0 Å². The van der Waals surface area contributed by atoms with Crippen molar-refractivity contribution in [3.63, 3.8) is 0 Å². The van der Waals surface area contributed by atoms with Crippen LogP contribution < -0.4 is 10.6 Å². The summed E-state index contributed by atoms with van der Waals surface area (Å²) >= 11 is 0. The monoisotopic (exact) mass is 318 g/mol. The zero-order valence-corrected chi connectivity index (χ0v) is 13.6. The summed E-state index contributed by atoms with van der Waals surface area (Å²) in [6, 6.07) is 8.95. The van der Waals surface area contributed by atoms with Gasteiger partial charge in [-0.3, -0.25) is 4.79 Å². The summed E-state index contributed by atoms with van der Waals surface area (Å²) < 4.78 is 10.7. The second-order valence-electron chi connectivity index (χ2n) is 5.60. The van der Waals surface area contributed by atoms with E-state index in [9.17, 15) is 9.59 Å². The molecule has 2 rings (SSSR count). The van der Waals surface area contributed by atoms with Crippen LogP contribution in [0, 0.1) is 0 Å². The summed E-state index contributed by atoms with van der Waals surface area (Å²) in [4.78, 5) is 23.2. The largest absolute Gasteiger partial charge is 0.463 e.